The van der Waals surface area contributed by atoms with Crippen LogP contribution >= 0.6 is 23.2 Å². The molecule has 0 amide bonds. The van der Waals surface area contributed by atoms with Crippen molar-refractivity contribution in [2.75, 3.05) is 6.54 Å². The molecule has 1 aromatic rings. The molecule has 1 N–H and O–H groups in total. The fourth-order valence-corrected chi connectivity index (χ4v) is 2.97. The van der Waals surface area contributed by atoms with Crippen molar-refractivity contribution in [1.82, 2.24) is 5.32 Å². The Morgan fingerprint density at radius 2 is 2.19 bits per heavy atom. The quantitative estimate of drug-likeness (QED) is 0.848. The molecule has 16 heavy (non-hydrogen) atoms. The molecule has 0 aliphatic heterocycles. The average molecular weight is 258 g/mol. The van der Waals surface area contributed by atoms with Crippen LogP contribution in [0, 0.1) is 0 Å². The molecular formula is C13H17Cl2N. The largest absolute Gasteiger partial charge is 0.310 e. The zero-order valence-corrected chi connectivity index (χ0v) is 11.0. The van der Waals surface area contributed by atoms with E-state index in [1.807, 2.05) is 6.07 Å². The van der Waals surface area contributed by atoms with E-state index < -0.39 is 0 Å². The summed E-state index contributed by atoms with van der Waals surface area (Å²) in [4.78, 5) is 0. The second-order valence-corrected chi connectivity index (χ2v) is 5.20. The van der Waals surface area contributed by atoms with Crippen LogP contribution in [0.1, 0.15) is 43.4 Å². The minimum Gasteiger partial charge on any atom is -0.310 e. The first kappa shape index (κ1) is 12.2. The maximum Gasteiger partial charge on any atom is 0.0456 e. The molecule has 1 aromatic carbocycles. The molecular weight excluding hydrogens is 241 g/mol. The summed E-state index contributed by atoms with van der Waals surface area (Å²) in [7, 11) is 0. The molecule has 2 rings (SSSR count). The van der Waals surface area contributed by atoms with Gasteiger partial charge in [-0.25, -0.2) is 0 Å². The van der Waals surface area contributed by atoms with Gasteiger partial charge in [0.1, 0.15) is 0 Å². The lowest BCUT2D eigenvalue weighted by Gasteiger charge is -2.27. The Morgan fingerprint density at radius 3 is 2.94 bits per heavy atom. The number of hydrogen-bond acceptors (Lipinski definition) is 1. The average Bonchev–Trinajstić information content (AvgIpc) is 2.26. The van der Waals surface area contributed by atoms with Crippen LogP contribution < -0.4 is 5.32 Å². The molecule has 0 spiro atoms. The van der Waals surface area contributed by atoms with Gasteiger partial charge < -0.3 is 5.32 Å². The third-order valence-corrected chi connectivity index (χ3v) is 3.69. The topological polar surface area (TPSA) is 12.0 Å². The third-order valence-electron chi connectivity index (χ3n) is 3.13. The van der Waals surface area contributed by atoms with Gasteiger partial charge in [0.2, 0.25) is 0 Å². The van der Waals surface area contributed by atoms with Crippen LogP contribution in [0.15, 0.2) is 12.1 Å². The number of benzene rings is 1. The van der Waals surface area contributed by atoms with Gasteiger partial charge in [-0.2, -0.15) is 0 Å². The Balaban J connectivity index is 2.30. The van der Waals surface area contributed by atoms with Gasteiger partial charge in [0, 0.05) is 16.1 Å². The van der Waals surface area contributed by atoms with E-state index in [-0.39, 0.29) is 0 Å². The summed E-state index contributed by atoms with van der Waals surface area (Å²) < 4.78 is 0. The first-order valence-corrected chi connectivity index (χ1v) is 6.69. The molecule has 0 heterocycles. The number of halogens is 2. The highest BCUT2D eigenvalue weighted by molar-refractivity contribution is 6.35. The van der Waals surface area contributed by atoms with E-state index in [0.29, 0.717) is 6.04 Å². The van der Waals surface area contributed by atoms with Crippen LogP contribution in [-0.2, 0) is 6.42 Å². The van der Waals surface area contributed by atoms with Crippen molar-refractivity contribution in [2.45, 2.75) is 38.6 Å². The smallest absolute Gasteiger partial charge is 0.0456 e. The summed E-state index contributed by atoms with van der Waals surface area (Å²) in [5.41, 5.74) is 2.59. The van der Waals surface area contributed by atoms with Crippen molar-refractivity contribution < 1.29 is 0 Å². The predicted molar refractivity (Wildman–Crippen MR) is 70.4 cm³/mol. The van der Waals surface area contributed by atoms with Crippen molar-refractivity contribution in [2.24, 2.45) is 0 Å². The number of hydrogen-bond donors (Lipinski definition) is 1. The molecule has 0 aromatic heterocycles. The van der Waals surface area contributed by atoms with Gasteiger partial charge in [-0.05, 0) is 55.5 Å². The summed E-state index contributed by atoms with van der Waals surface area (Å²) in [6.07, 6.45) is 4.62. The zero-order valence-electron chi connectivity index (χ0n) is 9.52. The SMILES string of the molecule is CCCNC1CCCc2c(Cl)cc(Cl)cc21. The molecule has 1 unspecified atom stereocenters. The molecule has 0 fully saturated rings. The summed E-state index contributed by atoms with van der Waals surface area (Å²) in [6.45, 7) is 3.23. The van der Waals surface area contributed by atoms with E-state index in [1.54, 1.807) is 0 Å². The fraction of sp³-hybridized carbons (Fsp3) is 0.538. The molecule has 1 nitrogen and oxygen atoms in total. The fourth-order valence-electron chi connectivity index (χ4n) is 2.37. The van der Waals surface area contributed by atoms with Gasteiger partial charge in [0.05, 0.1) is 0 Å². The molecule has 1 atom stereocenters. The first-order chi connectivity index (χ1) is 7.72. The predicted octanol–water partition coefficient (Wildman–Crippen LogP) is 4.37. The third kappa shape index (κ3) is 2.53. The molecule has 0 saturated heterocycles. The van der Waals surface area contributed by atoms with E-state index in [1.165, 1.54) is 24.0 Å². The number of fused-ring (bicyclic) bond motifs is 1. The van der Waals surface area contributed by atoms with Crippen LogP contribution in [0.3, 0.4) is 0 Å². The summed E-state index contributed by atoms with van der Waals surface area (Å²) in [5.74, 6) is 0. The first-order valence-electron chi connectivity index (χ1n) is 5.93. The van der Waals surface area contributed by atoms with E-state index in [9.17, 15) is 0 Å². The summed E-state index contributed by atoms with van der Waals surface area (Å²) in [5, 5.41) is 5.13. The number of rotatable bonds is 3. The Labute approximate surface area is 107 Å². The van der Waals surface area contributed by atoms with Crippen LogP contribution in [0.5, 0.6) is 0 Å². The van der Waals surface area contributed by atoms with Gasteiger partial charge >= 0.3 is 0 Å². The van der Waals surface area contributed by atoms with Crippen LogP contribution in [0.2, 0.25) is 10.0 Å². The lowest BCUT2D eigenvalue weighted by atomic mass is 9.87. The van der Waals surface area contributed by atoms with E-state index in [2.05, 4.69) is 18.3 Å². The van der Waals surface area contributed by atoms with Crippen molar-refractivity contribution >= 4 is 23.2 Å². The standard InChI is InChI=1S/C13H17Cl2N/c1-2-6-16-13-5-3-4-10-11(13)7-9(14)8-12(10)15/h7-8,13,16H,2-6H2,1H3. The van der Waals surface area contributed by atoms with Crippen molar-refractivity contribution in [3.63, 3.8) is 0 Å². The molecule has 88 valence electrons. The van der Waals surface area contributed by atoms with Gasteiger partial charge in [0.25, 0.3) is 0 Å². The maximum atomic E-state index is 6.23. The Kier molecular flexibility index (Phi) is 4.12. The van der Waals surface area contributed by atoms with E-state index in [4.69, 9.17) is 23.2 Å². The minimum absolute atomic E-state index is 0.430. The van der Waals surface area contributed by atoms with E-state index in [0.717, 1.165) is 29.4 Å². The highest BCUT2D eigenvalue weighted by Gasteiger charge is 2.21. The molecule has 1 aliphatic carbocycles. The molecule has 0 saturated carbocycles. The minimum atomic E-state index is 0.430. The van der Waals surface area contributed by atoms with E-state index >= 15 is 0 Å². The van der Waals surface area contributed by atoms with Crippen LogP contribution in [-0.4, -0.2) is 6.54 Å². The van der Waals surface area contributed by atoms with Crippen molar-refractivity contribution in [3.8, 4) is 0 Å². The normalized spacial score (nSPS) is 19.6. The zero-order chi connectivity index (χ0) is 11.5. The van der Waals surface area contributed by atoms with Crippen molar-refractivity contribution in [1.29, 1.82) is 0 Å². The summed E-state index contributed by atoms with van der Waals surface area (Å²) in [6, 6.07) is 4.35. The van der Waals surface area contributed by atoms with Gasteiger partial charge in [-0.1, -0.05) is 30.1 Å². The highest BCUT2D eigenvalue weighted by atomic mass is 35.5. The number of nitrogens with one attached hydrogen (secondary N) is 1. The van der Waals surface area contributed by atoms with Gasteiger partial charge in [-0.3, -0.25) is 0 Å². The van der Waals surface area contributed by atoms with Gasteiger partial charge in [-0.15, -0.1) is 0 Å². The van der Waals surface area contributed by atoms with Crippen molar-refractivity contribution in [3.05, 3.63) is 33.3 Å². The second-order valence-electron chi connectivity index (χ2n) is 4.35. The molecule has 1 aliphatic rings. The Hall–Kier alpha value is -0.240. The monoisotopic (exact) mass is 257 g/mol. The van der Waals surface area contributed by atoms with Crippen LogP contribution in [0.25, 0.3) is 0 Å². The highest BCUT2D eigenvalue weighted by Crippen LogP contribution is 2.36. The van der Waals surface area contributed by atoms with Gasteiger partial charge in [0.15, 0.2) is 0 Å². The second kappa shape index (κ2) is 5.39. The maximum absolute atomic E-state index is 6.23. The molecule has 0 radical (unpaired) electrons. The van der Waals surface area contributed by atoms with Crippen LogP contribution in [0.4, 0.5) is 0 Å². The summed E-state index contributed by atoms with van der Waals surface area (Å²) >= 11 is 12.3. The molecule has 0 bridgehead atoms. The lowest BCUT2D eigenvalue weighted by molar-refractivity contribution is 0.460. The Bertz CT molecular complexity index is 376. The molecule has 3 heteroatoms. The Morgan fingerprint density at radius 1 is 1.38 bits per heavy atom. The lowest BCUT2D eigenvalue weighted by Crippen LogP contribution is -2.26.